The van der Waals surface area contributed by atoms with Crippen molar-refractivity contribution >= 4 is 46.1 Å². The monoisotopic (exact) mass is 314 g/mol. The predicted octanol–water partition coefficient (Wildman–Crippen LogP) is 3.69. The van der Waals surface area contributed by atoms with Gasteiger partial charge >= 0.3 is 0 Å². The number of amides is 1. The molecule has 0 aliphatic heterocycles. The third-order valence-corrected chi connectivity index (χ3v) is 4.96. The van der Waals surface area contributed by atoms with Crippen LogP contribution in [0.25, 0.3) is 0 Å². The predicted molar refractivity (Wildman–Crippen MR) is 82.7 cm³/mol. The van der Waals surface area contributed by atoms with Crippen LogP contribution in [0.15, 0.2) is 17.5 Å². The van der Waals surface area contributed by atoms with Crippen molar-refractivity contribution in [1.29, 1.82) is 0 Å². The molecule has 3 rings (SSSR count). The van der Waals surface area contributed by atoms with E-state index in [-0.39, 0.29) is 18.3 Å². The number of halogens is 1. The second-order valence-corrected chi connectivity index (χ2v) is 6.52. The minimum atomic E-state index is 0. The summed E-state index contributed by atoms with van der Waals surface area (Å²) in [5.41, 5.74) is 1.19. The van der Waals surface area contributed by atoms with E-state index in [0.29, 0.717) is 6.42 Å². The van der Waals surface area contributed by atoms with Gasteiger partial charge < -0.3 is 5.32 Å². The quantitative estimate of drug-likeness (QED) is 0.939. The first-order valence-electron chi connectivity index (χ1n) is 6.12. The molecule has 1 aliphatic carbocycles. The second-order valence-electron chi connectivity index (χ2n) is 4.40. The SMILES string of the molecule is Cl.O=C(Cc1cccs1)Nc1nc2c(s1)CCCC2. The van der Waals surface area contributed by atoms with E-state index in [9.17, 15) is 4.79 Å². The average molecular weight is 315 g/mol. The van der Waals surface area contributed by atoms with E-state index >= 15 is 0 Å². The van der Waals surface area contributed by atoms with Gasteiger partial charge in [0.25, 0.3) is 0 Å². The Bertz CT molecular complexity index is 527. The summed E-state index contributed by atoms with van der Waals surface area (Å²) in [4.78, 5) is 18.8. The van der Waals surface area contributed by atoms with E-state index in [1.807, 2.05) is 17.5 Å². The molecule has 0 atom stereocenters. The van der Waals surface area contributed by atoms with Crippen LogP contribution in [0.4, 0.5) is 5.13 Å². The van der Waals surface area contributed by atoms with Gasteiger partial charge in [0.1, 0.15) is 0 Å². The van der Waals surface area contributed by atoms with Gasteiger partial charge in [-0.2, -0.15) is 0 Å². The standard InChI is InChI=1S/C13H14N2OS2.ClH/c16-12(8-9-4-3-7-17-9)15-13-14-10-5-1-2-6-11(10)18-13;/h3-4,7H,1-2,5-6,8H2,(H,14,15,16);1H. The molecule has 0 spiro atoms. The molecule has 2 heterocycles. The topological polar surface area (TPSA) is 42.0 Å². The summed E-state index contributed by atoms with van der Waals surface area (Å²) >= 11 is 3.25. The molecule has 1 N–H and O–H groups in total. The number of aromatic nitrogens is 1. The number of aryl methyl sites for hydroxylation is 2. The zero-order valence-electron chi connectivity index (χ0n) is 10.3. The highest BCUT2D eigenvalue weighted by molar-refractivity contribution is 7.15. The number of nitrogens with zero attached hydrogens (tertiary/aromatic N) is 1. The summed E-state index contributed by atoms with van der Waals surface area (Å²) < 4.78 is 0. The summed E-state index contributed by atoms with van der Waals surface area (Å²) in [6.45, 7) is 0. The van der Waals surface area contributed by atoms with Gasteiger partial charge in [-0.05, 0) is 37.1 Å². The zero-order chi connectivity index (χ0) is 12.4. The first kappa shape index (κ1) is 14.5. The molecule has 2 aromatic heterocycles. The highest BCUT2D eigenvalue weighted by Crippen LogP contribution is 2.29. The number of carbonyl (C=O) groups is 1. The van der Waals surface area contributed by atoms with Crippen LogP contribution in [0.5, 0.6) is 0 Å². The molecular weight excluding hydrogens is 300 g/mol. The van der Waals surface area contributed by atoms with Gasteiger partial charge in [-0.15, -0.1) is 35.1 Å². The summed E-state index contributed by atoms with van der Waals surface area (Å²) in [5, 5.41) is 5.67. The number of hydrogen-bond acceptors (Lipinski definition) is 4. The fourth-order valence-corrected chi connectivity index (χ4v) is 3.91. The van der Waals surface area contributed by atoms with E-state index in [0.717, 1.165) is 22.9 Å². The largest absolute Gasteiger partial charge is 0.302 e. The van der Waals surface area contributed by atoms with Crippen molar-refractivity contribution in [3.63, 3.8) is 0 Å². The lowest BCUT2D eigenvalue weighted by Crippen LogP contribution is -2.13. The summed E-state index contributed by atoms with van der Waals surface area (Å²) in [5.74, 6) is 0.0311. The summed E-state index contributed by atoms with van der Waals surface area (Å²) in [6, 6.07) is 3.95. The van der Waals surface area contributed by atoms with Crippen LogP contribution in [0.2, 0.25) is 0 Å². The molecule has 3 nitrogen and oxygen atoms in total. The van der Waals surface area contributed by atoms with Gasteiger partial charge in [-0.3, -0.25) is 4.79 Å². The van der Waals surface area contributed by atoms with Crippen LogP contribution < -0.4 is 5.32 Å². The van der Waals surface area contributed by atoms with E-state index < -0.39 is 0 Å². The van der Waals surface area contributed by atoms with Crippen LogP contribution in [0.1, 0.15) is 28.3 Å². The first-order chi connectivity index (χ1) is 8.81. The van der Waals surface area contributed by atoms with Crippen molar-refractivity contribution in [1.82, 2.24) is 4.98 Å². The fraction of sp³-hybridized carbons (Fsp3) is 0.385. The molecule has 0 unspecified atom stereocenters. The molecular formula is C13H15ClN2OS2. The van der Waals surface area contributed by atoms with E-state index in [2.05, 4.69) is 10.3 Å². The first-order valence-corrected chi connectivity index (χ1v) is 7.82. The Balaban J connectivity index is 0.00000133. The van der Waals surface area contributed by atoms with Gasteiger partial charge in [0, 0.05) is 9.75 Å². The van der Waals surface area contributed by atoms with E-state index in [4.69, 9.17) is 0 Å². The Morgan fingerprint density at radius 1 is 1.37 bits per heavy atom. The van der Waals surface area contributed by atoms with Crippen molar-refractivity contribution in [2.75, 3.05) is 5.32 Å². The maximum atomic E-state index is 11.9. The molecule has 0 saturated heterocycles. The molecule has 19 heavy (non-hydrogen) atoms. The molecule has 102 valence electrons. The normalized spacial score (nSPS) is 13.5. The number of carbonyl (C=O) groups excluding carboxylic acids is 1. The van der Waals surface area contributed by atoms with Crippen LogP contribution in [-0.4, -0.2) is 10.9 Å². The Labute approximate surface area is 126 Å². The number of thiazole rings is 1. The van der Waals surface area contributed by atoms with Gasteiger partial charge in [0.2, 0.25) is 5.91 Å². The van der Waals surface area contributed by atoms with Crippen molar-refractivity contribution in [2.24, 2.45) is 0 Å². The molecule has 1 aliphatic rings. The highest BCUT2D eigenvalue weighted by Gasteiger charge is 2.16. The van der Waals surface area contributed by atoms with Crippen LogP contribution in [0.3, 0.4) is 0 Å². The molecule has 0 fully saturated rings. The van der Waals surface area contributed by atoms with Crippen LogP contribution >= 0.6 is 35.1 Å². The van der Waals surface area contributed by atoms with Crippen molar-refractivity contribution < 1.29 is 4.79 Å². The molecule has 2 aromatic rings. The van der Waals surface area contributed by atoms with E-state index in [1.54, 1.807) is 22.7 Å². The summed E-state index contributed by atoms with van der Waals surface area (Å²) in [7, 11) is 0. The summed E-state index contributed by atoms with van der Waals surface area (Å²) in [6.07, 6.45) is 5.10. The number of fused-ring (bicyclic) bond motifs is 1. The maximum absolute atomic E-state index is 11.9. The van der Waals surface area contributed by atoms with Crippen molar-refractivity contribution in [3.8, 4) is 0 Å². The minimum Gasteiger partial charge on any atom is -0.302 e. The number of nitrogens with one attached hydrogen (secondary N) is 1. The number of hydrogen-bond donors (Lipinski definition) is 1. The number of anilines is 1. The Morgan fingerprint density at radius 2 is 2.21 bits per heavy atom. The molecule has 0 radical (unpaired) electrons. The Hall–Kier alpha value is -0.910. The minimum absolute atomic E-state index is 0. The number of rotatable bonds is 3. The molecule has 0 aromatic carbocycles. The lowest BCUT2D eigenvalue weighted by molar-refractivity contribution is -0.115. The molecule has 0 saturated carbocycles. The number of thiophene rings is 1. The van der Waals surface area contributed by atoms with Gasteiger partial charge in [0.15, 0.2) is 5.13 Å². The second kappa shape index (κ2) is 6.50. The smallest absolute Gasteiger partial charge is 0.231 e. The third-order valence-electron chi connectivity index (χ3n) is 3.01. The highest BCUT2D eigenvalue weighted by atomic mass is 35.5. The molecule has 0 bridgehead atoms. The van der Waals surface area contributed by atoms with Gasteiger partial charge in [-0.1, -0.05) is 6.07 Å². The van der Waals surface area contributed by atoms with Crippen molar-refractivity contribution in [3.05, 3.63) is 33.0 Å². The van der Waals surface area contributed by atoms with Crippen LogP contribution in [-0.2, 0) is 24.1 Å². The third kappa shape index (κ3) is 3.55. The van der Waals surface area contributed by atoms with E-state index in [1.165, 1.54) is 23.4 Å². The lowest BCUT2D eigenvalue weighted by Gasteiger charge is -2.06. The Morgan fingerprint density at radius 3 is 2.95 bits per heavy atom. The van der Waals surface area contributed by atoms with Crippen molar-refractivity contribution in [2.45, 2.75) is 32.1 Å². The molecule has 6 heteroatoms. The lowest BCUT2D eigenvalue weighted by atomic mass is 10.0. The average Bonchev–Trinajstić information content (AvgIpc) is 2.96. The van der Waals surface area contributed by atoms with Gasteiger partial charge in [-0.25, -0.2) is 4.98 Å². The maximum Gasteiger partial charge on any atom is 0.231 e. The zero-order valence-corrected chi connectivity index (χ0v) is 12.8. The van der Waals surface area contributed by atoms with Crippen LogP contribution in [0, 0.1) is 0 Å². The fourth-order valence-electron chi connectivity index (χ4n) is 2.14. The van der Waals surface area contributed by atoms with Gasteiger partial charge in [0.05, 0.1) is 12.1 Å². The Kier molecular flexibility index (Phi) is 4.96. The molecule has 1 amide bonds.